The highest BCUT2D eigenvalue weighted by Crippen LogP contribution is 2.40. The van der Waals surface area contributed by atoms with E-state index in [0.717, 1.165) is 37.0 Å². The molecule has 0 spiro atoms. The highest BCUT2D eigenvalue weighted by atomic mass is 16.5. The summed E-state index contributed by atoms with van der Waals surface area (Å²) in [6, 6.07) is 8.56. The first kappa shape index (κ1) is 24.1. The Hall–Kier alpha value is -3.00. The minimum Gasteiger partial charge on any atom is -0.463 e. The van der Waals surface area contributed by atoms with E-state index in [4.69, 9.17) is 15.5 Å². The van der Waals surface area contributed by atoms with Crippen molar-refractivity contribution in [1.82, 2.24) is 15.3 Å². The van der Waals surface area contributed by atoms with E-state index in [0.29, 0.717) is 41.6 Å². The van der Waals surface area contributed by atoms with E-state index in [9.17, 15) is 9.90 Å². The van der Waals surface area contributed by atoms with Crippen LogP contribution in [0.1, 0.15) is 76.2 Å². The Balaban J connectivity index is 1.43. The molecule has 0 unspecified atom stereocenters. The standard InChI is InChI=1S/C26H35N5O3/c1-15-29-22(27)20-23(30-15)34-26(4,5)21(31-20)19-12-10-18(11-13-19)17-8-6-16(7-9-17)14-28-24(32)25(2,3)33/h10-13,16-17,33H,6-9,14H2,1-5H3,(H,28,32)(H2,27,29,30). The molecular formula is C26H35N5O3. The number of amides is 1. The molecule has 34 heavy (non-hydrogen) atoms. The average molecular weight is 466 g/mol. The molecule has 4 rings (SSSR count). The number of carbonyl (C=O) groups excluding carboxylic acids is 1. The van der Waals surface area contributed by atoms with E-state index in [2.05, 4.69) is 39.6 Å². The first-order chi connectivity index (χ1) is 15.9. The zero-order chi connectivity index (χ0) is 24.7. The quantitative estimate of drug-likeness (QED) is 0.617. The van der Waals surface area contributed by atoms with Crippen LogP contribution in [0.4, 0.5) is 11.5 Å². The molecule has 0 bridgehead atoms. The van der Waals surface area contributed by atoms with Crippen molar-refractivity contribution in [2.75, 3.05) is 12.3 Å². The van der Waals surface area contributed by atoms with Crippen molar-refractivity contribution in [3.63, 3.8) is 0 Å². The van der Waals surface area contributed by atoms with Gasteiger partial charge in [-0.05, 0) is 77.7 Å². The fourth-order valence-corrected chi connectivity index (χ4v) is 4.75. The molecule has 1 aromatic carbocycles. The van der Waals surface area contributed by atoms with Crippen molar-refractivity contribution < 1.29 is 14.6 Å². The van der Waals surface area contributed by atoms with E-state index in [1.165, 1.54) is 19.4 Å². The van der Waals surface area contributed by atoms with Crippen molar-refractivity contribution in [1.29, 1.82) is 0 Å². The van der Waals surface area contributed by atoms with Crippen LogP contribution in [0.15, 0.2) is 29.3 Å². The Kier molecular flexibility index (Phi) is 6.38. The van der Waals surface area contributed by atoms with Gasteiger partial charge < -0.3 is 20.9 Å². The number of aliphatic hydroxyl groups is 1. The number of aliphatic imine (C=N–C) groups is 1. The molecule has 1 aromatic heterocycles. The number of hydrogen-bond donors (Lipinski definition) is 3. The average Bonchev–Trinajstić information content (AvgIpc) is 2.76. The van der Waals surface area contributed by atoms with Crippen molar-refractivity contribution in [3.8, 4) is 5.88 Å². The maximum atomic E-state index is 11.9. The van der Waals surface area contributed by atoms with Crippen LogP contribution in [0.3, 0.4) is 0 Å². The normalized spacial score (nSPS) is 21.8. The van der Waals surface area contributed by atoms with Gasteiger partial charge >= 0.3 is 0 Å². The number of nitrogen functional groups attached to an aromatic ring is 1. The number of rotatable bonds is 5. The maximum absolute atomic E-state index is 11.9. The Bertz CT molecular complexity index is 1090. The van der Waals surface area contributed by atoms with E-state index in [1.807, 2.05) is 13.8 Å². The number of nitrogens with one attached hydrogen (secondary N) is 1. The molecule has 1 aliphatic carbocycles. The highest BCUT2D eigenvalue weighted by Gasteiger charge is 2.35. The summed E-state index contributed by atoms with van der Waals surface area (Å²) < 4.78 is 6.16. The number of nitrogens with two attached hydrogens (primary N) is 1. The first-order valence-electron chi connectivity index (χ1n) is 12.0. The second-order valence-corrected chi connectivity index (χ2v) is 10.5. The number of hydrogen-bond acceptors (Lipinski definition) is 7. The van der Waals surface area contributed by atoms with Crippen LogP contribution < -0.4 is 15.8 Å². The number of carbonyl (C=O) groups is 1. The number of fused-ring (bicyclic) bond motifs is 1. The minimum atomic E-state index is -1.33. The molecule has 0 radical (unpaired) electrons. The van der Waals surface area contributed by atoms with Crippen LogP contribution >= 0.6 is 0 Å². The van der Waals surface area contributed by atoms with Gasteiger partial charge in [-0.3, -0.25) is 4.79 Å². The molecule has 2 heterocycles. The Morgan fingerprint density at radius 1 is 1.18 bits per heavy atom. The number of aryl methyl sites for hydroxylation is 1. The number of benzene rings is 1. The van der Waals surface area contributed by atoms with Gasteiger partial charge in [0.25, 0.3) is 5.91 Å². The first-order valence-corrected chi connectivity index (χ1v) is 12.0. The second-order valence-electron chi connectivity index (χ2n) is 10.5. The summed E-state index contributed by atoms with van der Waals surface area (Å²) in [6.45, 7) is 9.39. The summed E-state index contributed by atoms with van der Waals surface area (Å²) in [5.41, 5.74) is 7.70. The summed E-state index contributed by atoms with van der Waals surface area (Å²) in [5, 5.41) is 12.7. The Labute approximate surface area is 201 Å². The smallest absolute Gasteiger partial charge is 0.251 e. The summed E-state index contributed by atoms with van der Waals surface area (Å²) in [6.07, 6.45) is 4.28. The van der Waals surface area contributed by atoms with E-state index in [1.54, 1.807) is 6.92 Å². The van der Waals surface area contributed by atoms with Crippen LogP contribution in [0.2, 0.25) is 0 Å². The van der Waals surface area contributed by atoms with Crippen molar-refractivity contribution >= 4 is 23.1 Å². The summed E-state index contributed by atoms with van der Waals surface area (Å²) in [5.74, 6) is 1.94. The van der Waals surface area contributed by atoms with Crippen LogP contribution in [0.5, 0.6) is 5.88 Å². The highest BCUT2D eigenvalue weighted by molar-refractivity contribution is 6.09. The predicted octanol–water partition coefficient (Wildman–Crippen LogP) is 3.82. The molecule has 1 amide bonds. The number of ether oxygens (including phenoxy) is 1. The summed E-state index contributed by atoms with van der Waals surface area (Å²) in [7, 11) is 0. The number of anilines is 1. The van der Waals surface area contributed by atoms with E-state index >= 15 is 0 Å². The lowest BCUT2D eigenvalue weighted by molar-refractivity contribution is -0.136. The predicted molar refractivity (Wildman–Crippen MR) is 133 cm³/mol. The molecule has 2 aromatic rings. The number of aromatic nitrogens is 2. The fraction of sp³-hybridized carbons (Fsp3) is 0.538. The fourth-order valence-electron chi connectivity index (χ4n) is 4.75. The van der Waals surface area contributed by atoms with Crippen molar-refractivity contribution in [2.45, 2.75) is 77.4 Å². The van der Waals surface area contributed by atoms with Crippen LogP contribution in [0, 0.1) is 12.8 Å². The molecule has 8 heteroatoms. The lowest BCUT2D eigenvalue weighted by Crippen LogP contribution is -2.44. The monoisotopic (exact) mass is 465 g/mol. The van der Waals surface area contributed by atoms with Gasteiger partial charge in [-0.2, -0.15) is 4.98 Å². The minimum absolute atomic E-state index is 0.311. The summed E-state index contributed by atoms with van der Waals surface area (Å²) >= 11 is 0. The van der Waals surface area contributed by atoms with Gasteiger partial charge in [-0.25, -0.2) is 9.98 Å². The molecule has 0 atom stereocenters. The lowest BCUT2D eigenvalue weighted by Gasteiger charge is -2.32. The molecular weight excluding hydrogens is 430 g/mol. The SMILES string of the molecule is Cc1nc(N)c2c(n1)OC(C)(C)C(c1ccc(C3CCC(CNC(=O)C(C)(C)O)CC3)cc1)=N2. The van der Waals surface area contributed by atoms with E-state index in [-0.39, 0.29) is 5.91 Å². The molecule has 4 N–H and O–H groups in total. The van der Waals surface area contributed by atoms with Gasteiger partial charge in [0, 0.05) is 12.1 Å². The third-order valence-electron chi connectivity index (χ3n) is 6.75. The van der Waals surface area contributed by atoms with Gasteiger partial charge in [0.15, 0.2) is 11.5 Å². The van der Waals surface area contributed by atoms with Gasteiger partial charge in [0.05, 0.1) is 5.71 Å². The molecule has 0 saturated heterocycles. The largest absolute Gasteiger partial charge is 0.463 e. The van der Waals surface area contributed by atoms with Gasteiger partial charge in [0.2, 0.25) is 5.88 Å². The lowest BCUT2D eigenvalue weighted by atomic mass is 9.78. The zero-order valence-corrected chi connectivity index (χ0v) is 20.7. The summed E-state index contributed by atoms with van der Waals surface area (Å²) in [4.78, 5) is 25.3. The van der Waals surface area contributed by atoms with Crippen LogP contribution in [-0.2, 0) is 4.79 Å². The molecule has 1 fully saturated rings. The van der Waals surface area contributed by atoms with Gasteiger partial charge in [-0.1, -0.05) is 24.3 Å². The van der Waals surface area contributed by atoms with Gasteiger partial charge in [-0.15, -0.1) is 0 Å². The molecule has 2 aliphatic rings. The maximum Gasteiger partial charge on any atom is 0.251 e. The molecule has 182 valence electrons. The van der Waals surface area contributed by atoms with Crippen LogP contribution in [-0.4, -0.2) is 44.4 Å². The Morgan fingerprint density at radius 3 is 2.44 bits per heavy atom. The number of nitrogens with zero attached hydrogens (tertiary/aromatic N) is 3. The van der Waals surface area contributed by atoms with Crippen molar-refractivity contribution in [3.05, 3.63) is 41.2 Å². The third-order valence-corrected chi connectivity index (χ3v) is 6.75. The topological polar surface area (TPSA) is 123 Å². The van der Waals surface area contributed by atoms with Gasteiger partial charge in [0.1, 0.15) is 17.0 Å². The molecule has 8 nitrogen and oxygen atoms in total. The zero-order valence-electron chi connectivity index (χ0n) is 20.7. The third kappa shape index (κ3) is 5.06. The van der Waals surface area contributed by atoms with E-state index < -0.39 is 11.2 Å². The van der Waals surface area contributed by atoms with Crippen molar-refractivity contribution in [2.24, 2.45) is 10.9 Å². The van der Waals surface area contributed by atoms with Crippen LogP contribution in [0.25, 0.3) is 0 Å². The molecule has 1 aliphatic heterocycles. The Morgan fingerprint density at radius 2 is 1.82 bits per heavy atom. The second kappa shape index (κ2) is 8.98. The molecule has 1 saturated carbocycles.